The highest BCUT2D eigenvalue weighted by molar-refractivity contribution is 6.31. The molecule has 2 aliphatic rings. The van der Waals surface area contributed by atoms with Crippen molar-refractivity contribution in [3.05, 3.63) is 63.9 Å². The molecule has 0 saturated carbocycles. The Morgan fingerprint density at radius 3 is 2.83 bits per heavy atom. The number of hydrogen-bond donors (Lipinski definition) is 0. The van der Waals surface area contributed by atoms with Crippen molar-refractivity contribution in [1.82, 2.24) is 14.5 Å². The zero-order valence-electron chi connectivity index (χ0n) is 18.1. The molecule has 1 fully saturated rings. The summed E-state index contributed by atoms with van der Waals surface area (Å²) in [6.07, 6.45) is 3.48. The molecule has 2 aromatic carbocycles. The van der Waals surface area contributed by atoms with E-state index >= 15 is 0 Å². The molecule has 1 aliphatic carbocycles. The van der Waals surface area contributed by atoms with Crippen LogP contribution in [-0.2, 0) is 17.6 Å². The molecule has 0 radical (unpaired) electrons. The second kappa shape index (κ2) is 7.99. The first kappa shape index (κ1) is 20.0. The van der Waals surface area contributed by atoms with Gasteiger partial charge in [-0.3, -0.25) is 0 Å². The molecule has 4 nitrogen and oxygen atoms in total. The molecule has 1 saturated heterocycles. The van der Waals surface area contributed by atoms with Gasteiger partial charge in [-0.25, -0.2) is 4.98 Å². The lowest BCUT2D eigenvalue weighted by Gasteiger charge is -2.40. The van der Waals surface area contributed by atoms with Crippen molar-refractivity contribution >= 4 is 22.6 Å². The monoisotopic (exact) mass is 423 g/mol. The minimum atomic E-state index is 0.170. The van der Waals surface area contributed by atoms with Gasteiger partial charge in [-0.05, 0) is 73.9 Å². The molecule has 0 bridgehead atoms. The van der Waals surface area contributed by atoms with E-state index in [1.165, 1.54) is 22.2 Å². The van der Waals surface area contributed by atoms with Crippen LogP contribution in [0.25, 0.3) is 11.0 Å². The molecule has 0 N–H and O–H groups in total. The van der Waals surface area contributed by atoms with Crippen LogP contribution in [0.3, 0.4) is 0 Å². The molecule has 5 rings (SSSR count). The Hall–Kier alpha value is -1.88. The predicted octanol–water partition coefficient (Wildman–Crippen LogP) is 4.98. The minimum absolute atomic E-state index is 0.170. The number of hydrogen-bond acceptors (Lipinski definition) is 3. The Morgan fingerprint density at radius 1 is 1.17 bits per heavy atom. The summed E-state index contributed by atoms with van der Waals surface area (Å²) in [7, 11) is 1.85. The standard InChI is InChI=1S/C25H30ClN3O/c1-16-7-8-23-22(11-16)27-17(2)29(23)24-9-10-28(15-25(24)30-3)14-18-12-19-5-4-6-21(26)20(19)13-18/h4-8,11,18,24-25H,9-10,12-15H2,1-3H3/t18?,24-,25-/m1/s1. The van der Waals surface area contributed by atoms with Gasteiger partial charge in [0.1, 0.15) is 5.82 Å². The number of piperidine rings is 1. The summed E-state index contributed by atoms with van der Waals surface area (Å²) in [5, 5.41) is 0.932. The Balaban J connectivity index is 1.31. The molecule has 0 amide bonds. The average Bonchev–Trinajstić information content (AvgIpc) is 3.28. The smallest absolute Gasteiger partial charge is 0.107 e. The number of aryl methyl sites for hydroxylation is 2. The van der Waals surface area contributed by atoms with E-state index in [0.717, 1.165) is 55.3 Å². The highest BCUT2D eigenvalue weighted by Gasteiger charge is 2.34. The maximum absolute atomic E-state index is 6.43. The number of likely N-dealkylation sites (tertiary alicyclic amines) is 1. The van der Waals surface area contributed by atoms with Gasteiger partial charge in [-0.2, -0.15) is 0 Å². The third-order valence-corrected chi connectivity index (χ3v) is 7.35. The van der Waals surface area contributed by atoms with Crippen LogP contribution in [0.2, 0.25) is 5.02 Å². The highest BCUT2D eigenvalue weighted by atomic mass is 35.5. The second-order valence-electron chi connectivity index (χ2n) is 9.06. The molecule has 158 valence electrons. The lowest BCUT2D eigenvalue weighted by molar-refractivity contribution is -0.00928. The van der Waals surface area contributed by atoms with Crippen LogP contribution < -0.4 is 0 Å². The second-order valence-corrected chi connectivity index (χ2v) is 9.47. The number of ether oxygens (including phenoxy) is 1. The summed E-state index contributed by atoms with van der Waals surface area (Å²) < 4.78 is 8.43. The normalized spacial score (nSPS) is 24.5. The number of methoxy groups -OCH3 is 1. The van der Waals surface area contributed by atoms with Crippen LogP contribution in [0.1, 0.15) is 35.0 Å². The number of aromatic nitrogens is 2. The van der Waals surface area contributed by atoms with Gasteiger partial charge in [0.2, 0.25) is 0 Å². The van der Waals surface area contributed by atoms with E-state index in [4.69, 9.17) is 21.3 Å². The SMILES string of the molecule is CO[C@@H]1CN(CC2Cc3cccc(Cl)c3C2)CC[C@H]1n1c(C)nc2cc(C)ccc21. The van der Waals surface area contributed by atoms with Crippen molar-refractivity contribution < 1.29 is 4.74 Å². The zero-order valence-corrected chi connectivity index (χ0v) is 18.8. The third kappa shape index (κ3) is 3.55. The molecule has 3 atom stereocenters. The summed E-state index contributed by atoms with van der Waals surface area (Å²) >= 11 is 6.43. The lowest BCUT2D eigenvalue weighted by atomic mass is 9.98. The first-order chi connectivity index (χ1) is 14.5. The maximum Gasteiger partial charge on any atom is 0.107 e. The molecular weight excluding hydrogens is 394 g/mol. The van der Waals surface area contributed by atoms with Gasteiger partial charge in [-0.15, -0.1) is 0 Å². The molecule has 3 aromatic rings. The fraction of sp³-hybridized carbons (Fsp3) is 0.480. The highest BCUT2D eigenvalue weighted by Crippen LogP contribution is 2.35. The molecule has 1 unspecified atom stereocenters. The van der Waals surface area contributed by atoms with E-state index in [1.807, 2.05) is 13.2 Å². The summed E-state index contributed by atoms with van der Waals surface area (Å²) in [6, 6.07) is 13.2. The van der Waals surface area contributed by atoms with Crippen molar-refractivity contribution in [2.45, 2.75) is 45.3 Å². The summed E-state index contributed by atoms with van der Waals surface area (Å²) in [6.45, 7) is 7.41. The van der Waals surface area contributed by atoms with Crippen LogP contribution in [-0.4, -0.2) is 47.3 Å². The van der Waals surface area contributed by atoms with E-state index in [9.17, 15) is 0 Å². The molecule has 2 heterocycles. The van der Waals surface area contributed by atoms with E-state index < -0.39 is 0 Å². The summed E-state index contributed by atoms with van der Waals surface area (Å²) in [5.74, 6) is 1.73. The van der Waals surface area contributed by atoms with Gasteiger partial charge in [0.15, 0.2) is 0 Å². The van der Waals surface area contributed by atoms with Gasteiger partial charge < -0.3 is 14.2 Å². The van der Waals surface area contributed by atoms with Crippen molar-refractivity contribution in [2.75, 3.05) is 26.7 Å². The lowest BCUT2D eigenvalue weighted by Crippen LogP contribution is -2.47. The van der Waals surface area contributed by atoms with Crippen LogP contribution in [0.15, 0.2) is 36.4 Å². The van der Waals surface area contributed by atoms with Gasteiger partial charge in [0, 0.05) is 31.8 Å². The number of benzene rings is 2. The van der Waals surface area contributed by atoms with E-state index in [0.29, 0.717) is 12.0 Å². The molecule has 1 aromatic heterocycles. The minimum Gasteiger partial charge on any atom is -0.378 e. The first-order valence-corrected chi connectivity index (χ1v) is 11.4. The molecular formula is C25H30ClN3O. The fourth-order valence-electron chi connectivity index (χ4n) is 5.60. The van der Waals surface area contributed by atoms with Gasteiger partial charge >= 0.3 is 0 Å². The van der Waals surface area contributed by atoms with E-state index in [2.05, 4.69) is 53.6 Å². The number of imidazole rings is 1. The van der Waals surface area contributed by atoms with Crippen LogP contribution in [0, 0.1) is 19.8 Å². The number of fused-ring (bicyclic) bond motifs is 2. The zero-order chi connectivity index (χ0) is 20.8. The van der Waals surface area contributed by atoms with Crippen molar-refractivity contribution in [3.8, 4) is 0 Å². The van der Waals surface area contributed by atoms with Gasteiger partial charge in [0.05, 0.1) is 23.2 Å². The molecule has 5 heteroatoms. The molecule has 0 spiro atoms. The Bertz CT molecular complexity index is 1080. The predicted molar refractivity (Wildman–Crippen MR) is 122 cm³/mol. The quantitative estimate of drug-likeness (QED) is 0.592. The Kier molecular flexibility index (Phi) is 5.34. The van der Waals surface area contributed by atoms with Crippen LogP contribution in [0.5, 0.6) is 0 Å². The van der Waals surface area contributed by atoms with Crippen LogP contribution in [0.4, 0.5) is 0 Å². The topological polar surface area (TPSA) is 30.3 Å². The fourth-order valence-corrected chi connectivity index (χ4v) is 5.87. The maximum atomic E-state index is 6.43. The number of nitrogens with zero attached hydrogens (tertiary/aromatic N) is 3. The Morgan fingerprint density at radius 2 is 2.03 bits per heavy atom. The molecule has 30 heavy (non-hydrogen) atoms. The van der Waals surface area contributed by atoms with Gasteiger partial charge in [-0.1, -0.05) is 29.8 Å². The van der Waals surface area contributed by atoms with E-state index in [1.54, 1.807) is 0 Å². The van der Waals surface area contributed by atoms with Crippen molar-refractivity contribution in [2.24, 2.45) is 5.92 Å². The average molecular weight is 424 g/mol. The number of halogens is 1. The number of rotatable bonds is 4. The third-order valence-electron chi connectivity index (χ3n) is 7.00. The molecule has 1 aliphatic heterocycles. The van der Waals surface area contributed by atoms with Gasteiger partial charge in [0.25, 0.3) is 0 Å². The van der Waals surface area contributed by atoms with E-state index in [-0.39, 0.29) is 6.10 Å². The summed E-state index contributed by atoms with van der Waals surface area (Å²) in [4.78, 5) is 7.42. The largest absolute Gasteiger partial charge is 0.378 e. The van der Waals surface area contributed by atoms with Crippen molar-refractivity contribution in [3.63, 3.8) is 0 Å². The first-order valence-electron chi connectivity index (χ1n) is 11.0. The Labute approximate surface area is 183 Å². The summed E-state index contributed by atoms with van der Waals surface area (Å²) in [5.41, 5.74) is 6.35. The van der Waals surface area contributed by atoms with Crippen molar-refractivity contribution in [1.29, 1.82) is 0 Å². The van der Waals surface area contributed by atoms with Crippen LogP contribution >= 0.6 is 11.6 Å².